The molecule has 3 heterocycles. The Kier molecular flexibility index (Phi) is 6.28. The van der Waals surface area contributed by atoms with Gasteiger partial charge in [0.25, 0.3) is 5.91 Å². The molecule has 4 N–H and O–H groups in total. The van der Waals surface area contributed by atoms with Gasteiger partial charge in [-0.05, 0) is 61.9 Å². The number of aromatic nitrogens is 4. The smallest absolute Gasteiger partial charge is 0.256 e. The number of anilines is 3. The van der Waals surface area contributed by atoms with E-state index >= 15 is 0 Å². The largest absolute Gasteiger partial charge is 0.361 e. The van der Waals surface area contributed by atoms with E-state index in [1.54, 1.807) is 18.3 Å². The first-order valence-electron chi connectivity index (χ1n) is 13.0. The van der Waals surface area contributed by atoms with Gasteiger partial charge in [0.15, 0.2) is 17.9 Å². The highest BCUT2D eigenvalue weighted by atomic mass is 16.2. The average Bonchev–Trinajstić information content (AvgIpc) is 3.73. The summed E-state index contributed by atoms with van der Waals surface area (Å²) in [5.41, 5.74) is 6.82. The van der Waals surface area contributed by atoms with Gasteiger partial charge in [-0.15, -0.1) is 0 Å². The number of rotatable bonds is 7. The third-order valence-corrected chi connectivity index (χ3v) is 7.00. The first kappa shape index (κ1) is 25.5. The van der Waals surface area contributed by atoms with E-state index < -0.39 is 5.41 Å². The molecule has 1 amide bonds. The number of nitrogens with one attached hydrogen (secondary N) is 4. The Labute approximate surface area is 236 Å². The van der Waals surface area contributed by atoms with E-state index in [2.05, 4.69) is 31.9 Å². The Morgan fingerprint density at radius 3 is 2.59 bits per heavy atom. The first-order chi connectivity index (χ1) is 19.8. The maximum atomic E-state index is 12.7. The van der Waals surface area contributed by atoms with Gasteiger partial charge in [-0.3, -0.25) is 14.7 Å². The highest BCUT2D eigenvalue weighted by molar-refractivity contribution is 6.35. The number of carbonyl (C=O) groups is 2. The predicted octanol–water partition coefficient (Wildman–Crippen LogP) is 6.32. The van der Waals surface area contributed by atoms with Crippen molar-refractivity contribution in [3.8, 4) is 28.8 Å². The zero-order valence-corrected chi connectivity index (χ0v) is 22.3. The fraction of sp³-hybridized carbons (Fsp3) is 0.0938. The molecule has 5 aromatic rings. The Balaban J connectivity index is 1.22. The molecule has 0 aliphatic carbocycles. The molecule has 41 heavy (non-hydrogen) atoms. The highest BCUT2D eigenvalue weighted by Gasteiger charge is 2.25. The molecule has 0 spiro atoms. The lowest BCUT2D eigenvalue weighted by Crippen LogP contribution is -2.13. The van der Waals surface area contributed by atoms with Gasteiger partial charge in [-0.1, -0.05) is 36.4 Å². The van der Waals surface area contributed by atoms with Crippen LogP contribution in [0.4, 0.5) is 17.1 Å². The fourth-order valence-electron chi connectivity index (χ4n) is 4.69. The van der Waals surface area contributed by atoms with Crippen molar-refractivity contribution in [3.63, 3.8) is 0 Å². The predicted molar refractivity (Wildman–Crippen MR) is 158 cm³/mol. The SMILES string of the molecule is CC(C)(C#N)c1cccc(-c2n[nH]c(-c3cccc(Nc4ccc5c(c4)NC(=O)/C5=C\c4cc(C=O)c[nH]4)c3)n2)c1. The van der Waals surface area contributed by atoms with Gasteiger partial charge in [-0.2, -0.15) is 10.4 Å². The molecular weight excluding hydrogens is 514 g/mol. The maximum absolute atomic E-state index is 12.7. The zero-order valence-electron chi connectivity index (χ0n) is 22.3. The van der Waals surface area contributed by atoms with E-state index in [1.807, 2.05) is 80.6 Å². The topological polar surface area (TPSA) is 139 Å². The average molecular weight is 540 g/mol. The van der Waals surface area contributed by atoms with Crippen molar-refractivity contribution in [2.45, 2.75) is 19.3 Å². The Morgan fingerprint density at radius 2 is 1.78 bits per heavy atom. The number of nitriles is 1. The molecule has 6 rings (SSSR count). The second-order valence-corrected chi connectivity index (χ2v) is 10.3. The number of H-pyrrole nitrogens is 2. The summed E-state index contributed by atoms with van der Waals surface area (Å²) in [7, 11) is 0. The number of aldehydes is 1. The van der Waals surface area contributed by atoms with Crippen molar-refractivity contribution >= 4 is 40.9 Å². The van der Waals surface area contributed by atoms with E-state index in [0.29, 0.717) is 34.2 Å². The third-order valence-electron chi connectivity index (χ3n) is 7.00. The van der Waals surface area contributed by atoms with Gasteiger partial charge < -0.3 is 15.6 Å². The number of hydrogen-bond acceptors (Lipinski definition) is 6. The van der Waals surface area contributed by atoms with Crippen LogP contribution in [-0.4, -0.2) is 32.4 Å². The van der Waals surface area contributed by atoms with Crippen LogP contribution in [0.1, 0.15) is 41.0 Å². The molecule has 0 unspecified atom stereocenters. The second kappa shape index (κ2) is 10.1. The fourth-order valence-corrected chi connectivity index (χ4v) is 4.69. The summed E-state index contributed by atoms with van der Waals surface area (Å²) in [5.74, 6) is 0.963. The molecule has 3 aromatic carbocycles. The van der Waals surface area contributed by atoms with Gasteiger partial charge in [0.1, 0.15) is 0 Å². The monoisotopic (exact) mass is 539 g/mol. The molecule has 0 saturated heterocycles. The van der Waals surface area contributed by atoms with Crippen LogP contribution in [-0.2, 0) is 10.2 Å². The Hall–Kier alpha value is -5.75. The molecule has 9 heteroatoms. The van der Waals surface area contributed by atoms with Gasteiger partial charge in [0.05, 0.1) is 22.7 Å². The lowest BCUT2D eigenvalue weighted by molar-refractivity contribution is -0.110. The van der Waals surface area contributed by atoms with Crippen molar-refractivity contribution in [2.75, 3.05) is 10.6 Å². The summed E-state index contributed by atoms with van der Waals surface area (Å²) < 4.78 is 0. The van der Waals surface area contributed by atoms with Crippen molar-refractivity contribution in [3.05, 3.63) is 101 Å². The Morgan fingerprint density at radius 1 is 0.976 bits per heavy atom. The lowest BCUT2D eigenvalue weighted by atomic mass is 9.85. The standard InChI is InChI=1S/C32H25N7O2/c1-32(2,18-33)22-7-3-5-20(12-22)29-37-30(39-38-29)21-6-4-8-23(13-21)35-24-9-10-26-27(31(41)36-28(26)15-24)14-25-11-19(17-40)16-34-25/h3-17,34-35H,1-2H3,(H,36,41)(H,37,38,39)/b27-14-. The van der Waals surface area contributed by atoms with Crippen LogP contribution in [0.15, 0.2) is 79.0 Å². The zero-order chi connectivity index (χ0) is 28.6. The molecule has 9 nitrogen and oxygen atoms in total. The summed E-state index contributed by atoms with van der Waals surface area (Å²) in [5, 5.41) is 23.2. The van der Waals surface area contributed by atoms with Crippen molar-refractivity contribution in [1.82, 2.24) is 20.2 Å². The molecule has 1 aliphatic heterocycles. The molecule has 0 radical (unpaired) electrons. The number of benzene rings is 3. The minimum Gasteiger partial charge on any atom is -0.361 e. The van der Waals surface area contributed by atoms with E-state index in [4.69, 9.17) is 4.98 Å². The summed E-state index contributed by atoms with van der Waals surface area (Å²) in [6, 6.07) is 25.2. The number of nitrogens with zero attached hydrogens (tertiary/aromatic N) is 3. The molecule has 1 aliphatic rings. The molecule has 200 valence electrons. The highest BCUT2D eigenvalue weighted by Crippen LogP contribution is 2.36. The van der Waals surface area contributed by atoms with E-state index in [-0.39, 0.29) is 5.91 Å². The van der Waals surface area contributed by atoms with Crippen LogP contribution in [0, 0.1) is 11.3 Å². The quantitative estimate of drug-likeness (QED) is 0.141. The Bertz CT molecular complexity index is 1890. The summed E-state index contributed by atoms with van der Waals surface area (Å²) in [6.45, 7) is 3.76. The van der Waals surface area contributed by atoms with Crippen LogP contribution in [0.5, 0.6) is 0 Å². The van der Waals surface area contributed by atoms with Crippen LogP contribution < -0.4 is 10.6 Å². The minimum absolute atomic E-state index is 0.204. The number of aromatic amines is 2. The maximum Gasteiger partial charge on any atom is 0.256 e. The second-order valence-electron chi connectivity index (χ2n) is 10.3. The van der Waals surface area contributed by atoms with Gasteiger partial charge in [-0.25, -0.2) is 4.98 Å². The molecular formula is C32H25N7O2. The molecule has 2 aromatic heterocycles. The van der Waals surface area contributed by atoms with Crippen molar-refractivity contribution in [2.24, 2.45) is 0 Å². The van der Waals surface area contributed by atoms with Crippen LogP contribution >= 0.6 is 0 Å². The summed E-state index contributed by atoms with van der Waals surface area (Å²) in [6.07, 6.45) is 4.09. The number of carbonyl (C=O) groups excluding carboxylic acids is 2. The molecule has 0 atom stereocenters. The first-order valence-corrected chi connectivity index (χ1v) is 13.0. The van der Waals surface area contributed by atoms with Crippen molar-refractivity contribution in [1.29, 1.82) is 5.26 Å². The molecule has 0 bridgehead atoms. The van der Waals surface area contributed by atoms with Gasteiger partial charge >= 0.3 is 0 Å². The normalized spacial score (nSPS) is 13.5. The van der Waals surface area contributed by atoms with Gasteiger partial charge in [0.2, 0.25) is 0 Å². The van der Waals surface area contributed by atoms with Crippen LogP contribution in [0.25, 0.3) is 34.4 Å². The summed E-state index contributed by atoms with van der Waals surface area (Å²) >= 11 is 0. The minimum atomic E-state index is -0.614. The number of amides is 1. The summed E-state index contributed by atoms with van der Waals surface area (Å²) in [4.78, 5) is 31.3. The number of hydrogen-bond donors (Lipinski definition) is 4. The van der Waals surface area contributed by atoms with E-state index in [1.165, 1.54) is 0 Å². The molecule has 0 fully saturated rings. The van der Waals surface area contributed by atoms with E-state index in [0.717, 1.165) is 39.9 Å². The van der Waals surface area contributed by atoms with Crippen LogP contribution in [0.2, 0.25) is 0 Å². The van der Waals surface area contributed by atoms with Crippen LogP contribution in [0.3, 0.4) is 0 Å². The third kappa shape index (κ3) is 5.02. The van der Waals surface area contributed by atoms with E-state index in [9.17, 15) is 14.9 Å². The number of fused-ring (bicyclic) bond motifs is 1. The lowest BCUT2D eigenvalue weighted by Gasteiger charge is -2.15. The van der Waals surface area contributed by atoms with Gasteiger partial charge in [0, 0.05) is 45.5 Å². The molecule has 0 saturated carbocycles. The van der Waals surface area contributed by atoms with Crippen molar-refractivity contribution < 1.29 is 9.59 Å².